The average Bonchev–Trinajstić information content (AvgIpc) is 0.722. The van der Waals surface area contributed by atoms with Gasteiger partial charge in [-0.25, -0.2) is 0 Å². The highest BCUT2D eigenvalue weighted by Crippen LogP contribution is 1.92. The van der Waals surface area contributed by atoms with Gasteiger partial charge in [-0.3, -0.25) is 4.70 Å². The molecule has 1 rings (SSSR count). The summed E-state index contributed by atoms with van der Waals surface area (Å²) in [5.41, 5.74) is 0. The SMILES string of the molecule is C1COC1.F. The second kappa shape index (κ2) is 2.15. The van der Waals surface area contributed by atoms with Crippen LogP contribution in [-0.4, -0.2) is 13.2 Å². The van der Waals surface area contributed by atoms with Crippen molar-refractivity contribution in [2.75, 3.05) is 13.2 Å². The van der Waals surface area contributed by atoms with Crippen LogP contribution < -0.4 is 0 Å². The van der Waals surface area contributed by atoms with Gasteiger partial charge in [0.1, 0.15) is 0 Å². The molecule has 0 atom stereocenters. The van der Waals surface area contributed by atoms with Gasteiger partial charge in [-0.2, -0.15) is 0 Å². The van der Waals surface area contributed by atoms with Crippen molar-refractivity contribution in [1.29, 1.82) is 0 Å². The average molecular weight is 78.1 g/mol. The van der Waals surface area contributed by atoms with Crippen LogP contribution in [0.15, 0.2) is 0 Å². The summed E-state index contributed by atoms with van der Waals surface area (Å²) < 4.78 is 4.72. The summed E-state index contributed by atoms with van der Waals surface area (Å²) in [5, 5.41) is 0. The third kappa shape index (κ3) is 0.918. The Bertz CT molecular complexity index is 14.9. The van der Waals surface area contributed by atoms with E-state index in [1.807, 2.05) is 0 Å². The predicted octanol–water partition coefficient (Wildman–Crippen LogP) is 0.559. The molecule has 1 heterocycles. The van der Waals surface area contributed by atoms with Crippen molar-refractivity contribution in [2.45, 2.75) is 6.42 Å². The van der Waals surface area contributed by atoms with Crippen molar-refractivity contribution in [3.63, 3.8) is 0 Å². The Morgan fingerprint density at radius 2 is 1.40 bits per heavy atom. The molecule has 0 aliphatic carbocycles. The summed E-state index contributed by atoms with van der Waals surface area (Å²) >= 11 is 0. The minimum absolute atomic E-state index is 0. The Kier molecular flexibility index (Phi) is 2.10. The molecule has 32 valence electrons. The zero-order valence-electron chi connectivity index (χ0n) is 2.94. The fraction of sp³-hybridized carbons (Fsp3) is 1.00. The first kappa shape index (κ1) is 4.89. The molecule has 1 saturated heterocycles. The van der Waals surface area contributed by atoms with Gasteiger partial charge in [0, 0.05) is 13.2 Å². The van der Waals surface area contributed by atoms with Gasteiger partial charge in [0.15, 0.2) is 0 Å². The molecule has 0 unspecified atom stereocenters. The number of hydrogen-bond acceptors (Lipinski definition) is 1. The molecule has 1 nitrogen and oxygen atoms in total. The number of ether oxygens (including phenoxy) is 1. The van der Waals surface area contributed by atoms with E-state index in [1.165, 1.54) is 6.42 Å². The Morgan fingerprint density at radius 3 is 1.40 bits per heavy atom. The Balaban J connectivity index is 0.000000160. The highest BCUT2D eigenvalue weighted by Gasteiger charge is 1.94. The maximum absolute atomic E-state index is 4.72. The molecular weight excluding hydrogens is 71.0 g/mol. The van der Waals surface area contributed by atoms with Crippen LogP contribution in [0, 0.1) is 0 Å². The Labute approximate surface area is 30.3 Å². The maximum atomic E-state index is 4.72. The van der Waals surface area contributed by atoms with Gasteiger partial charge in [0.2, 0.25) is 0 Å². The van der Waals surface area contributed by atoms with E-state index in [9.17, 15) is 0 Å². The molecule has 1 aliphatic heterocycles. The molecule has 0 aromatic heterocycles. The van der Waals surface area contributed by atoms with Gasteiger partial charge in [-0.15, -0.1) is 0 Å². The number of hydrogen-bond donors (Lipinski definition) is 0. The van der Waals surface area contributed by atoms with E-state index in [0.717, 1.165) is 13.2 Å². The van der Waals surface area contributed by atoms with E-state index < -0.39 is 0 Å². The topological polar surface area (TPSA) is 9.23 Å². The standard InChI is InChI=1S/C3H6O.FH/c1-2-4-3-1;/h1-3H2;1H. The van der Waals surface area contributed by atoms with Crippen LogP contribution >= 0.6 is 0 Å². The van der Waals surface area contributed by atoms with Crippen molar-refractivity contribution < 1.29 is 9.44 Å². The van der Waals surface area contributed by atoms with Crippen LogP contribution in [-0.2, 0) is 4.74 Å². The lowest BCUT2D eigenvalue weighted by Gasteiger charge is -2.09. The lowest BCUT2D eigenvalue weighted by atomic mass is 10.4. The lowest BCUT2D eigenvalue weighted by Crippen LogP contribution is -2.09. The zero-order valence-corrected chi connectivity index (χ0v) is 2.94. The number of halogens is 1. The molecular formula is C3H7FO. The highest BCUT2D eigenvalue weighted by atomic mass is 19.0. The maximum Gasteiger partial charge on any atom is 0.0488 e. The van der Waals surface area contributed by atoms with Crippen molar-refractivity contribution in [1.82, 2.24) is 0 Å². The summed E-state index contributed by atoms with van der Waals surface area (Å²) in [7, 11) is 0. The summed E-state index contributed by atoms with van der Waals surface area (Å²) in [6.45, 7) is 2.00. The summed E-state index contributed by atoms with van der Waals surface area (Å²) in [6.07, 6.45) is 1.28. The van der Waals surface area contributed by atoms with E-state index in [0.29, 0.717) is 0 Å². The Morgan fingerprint density at radius 1 is 1.20 bits per heavy atom. The van der Waals surface area contributed by atoms with Crippen LogP contribution in [0.3, 0.4) is 0 Å². The van der Waals surface area contributed by atoms with Crippen LogP contribution in [0.1, 0.15) is 6.42 Å². The summed E-state index contributed by atoms with van der Waals surface area (Å²) in [4.78, 5) is 0. The van der Waals surface area contributed by atoms with E-state index in [2.05, 4.69) is 0 Å². The lowest BCUT2D eigenvalue weighted by molar-refractivity contribution is 0.0367. The predicted molar refractivity (Wildman–Crippen MR) is 17.9 cm³/mol. The van der Waals surface area contributed by atoms with Gasteiger partial charge in [0.25, 0.3) is 0 Å². The first-order valence-electron chi connectivity index (χ1n) is 1.58. The van der Waals surface area contributed by atoms with Crippen LogP contribution in [0.2, 0.25) is 0 Å². The number of rotatable bonds is 0. The van der Waals surface area contributed by atoms with Crippen LogP contribution in [0.25, 0.3) is 0 Å². The smallest absolute Gasteiger partial charge is 0.0488 e. The molecule has 1 fully saturated rings. The third-order valence-corrected chi connectivity index (χ3v) is 0.577. The van der Waals surface area contributed by atoms with Gasteiger partial charge in [-0.1, -0.05) is 0 Å². The van der Waals surface area contributed by atoms with E-state index in [4.69, 9.17) is 4.74 Å². The quantitative estimate of drug-likeness (QED) is 0.411. The normalized spacial score (nSPS) is 19.2. The molecule has 0 aromatic rings. The van der Waals surface area contributed by atoms with Gasteiger partial charge in [-0.05, 0) is 6.42 Å². The van der Waals surface area contributed by atoms with E-state index >= 15 is 0 Å². The molecule has 0 spiro atoms. The Hall–Kier alpha value is -0.110. The fourth-order valence-electron chi connectivity index (χ4n) is 0.144. The highest BCUT2D eigenvalue weighted by molar-refractivity contribution is 4.41. The van der Waals surface area contributed by atoms with Gasteiger partial charge in [0.05, 0.1) is 0 Å². The molecule has 0 amide bonds. The molecule has 2 heteroatoms. The van der Waals surface area contributed by atoms with Crippen molar-refractivity contribution in [3.8, 4) is 0 Å². The first-order chi connectivity index (χ1) is 2.00. The fourth-order valence-corrected chi connectivity index (χ4v) is 0.144. The summed E-state index contributed by atoms with van der Waals surface area (Å²) in [6, 6.07) is 0. The largest absolute Gasteiger partial charge is 0.381 e. The monoisotopic (exact) mass is 78.0 g/mol. The molecule has 0 aromatic carbocycles. The van der Waals surface area contributed by atoms with E-state index in [1.54, 1.807) is 0 Å². The molecule has 5 heavy (non-hydrogen) atoms. The summed E-state index contributed by atoms with van der Waals surface area (Å²) in [5.74, 6) is 0. The molecule has 0 radical (unpaired) electrons. The minimum atomic E-state index is 0. The minimum Gasteiger partial charge on any atom is -0.381 e. The molecule has 0 bridgehead atoms. The van der Waals surface area contributed by atoms with Crippen molar-refractivity contribution >= 4 is 0 Å². The van der Waals surface area contributed by atoms with Crippen LogP contribution in [0.5, 0.6) is 0 Å². The molecule has 1 aliphatic rings. The third-order valence-electron chi connectivity index (χ3n) is 0.577. The first-order valence-corrected chi connectivity index (χ1v) is 1.58. The zero-order chi connectivity index (χ0) is 2.83. The van der Waals surface area contributed by atoms with Gasteiger partial charge < -0.3 is 4.74 Å². The van der Waals surface area contributed by atoms with Crippen molar-refractivity contribution in [3.05, 3.63) is 0 Å². The van der Waals surface area contributed by atoms with Crippen LogP contribution in [0.4, 0.5) is 4.70 Å². The second-order valence-corrected chi connectivity index (χ2v) is 0.966. The second-order valence-electron chi connectivity index (χ2n) is 0.966. The molecule has 0 saturated carbocycles. The molecule has 0 N–H and O–H groups in total. The van der Waals surface area contributed by atoms with E-state index in [-0.39, 0.29) is 4.70 Å². The van der Waals surface area contributed by atoms with Crippen molar-refractivity contribution in [2.24, 2.45) is 0 Å². The van der Waals surface area contributed by atoms with Gasteiger partial charge >= 0.3 is 0 Å².